The predicted molar refractivity (Wildman–Crippen MR) is 116 cm³/mol. The smallest absolute Gasteiger partial charge is 0.148 e. The quantitative estimate of drug-likeness (QED) is 0.361. The van der Waals surface area contributed by atoms with Gasteiger partial charge in [0, 0.05) is 21.3 Å². The zero-order valence-electron chi connectivity index (χ0n) is 14.1. The second-order valence-corrected chi connectivity index (χ2v) is 8.38. The Labute approximate surface area is 174 Å². The van der Waals surface area contributed by atoms with Gasteiger partial charge in [-0.25, -0.2) is 0 Å². The van der Waals surface area contributed by atoms with Crippen molar-refractivity contribution >= 4 is 56.7 Å². The number of hydrogen-bond acceptors (Lipinski definition) is 4. The summed E-state index contributed by atoms with van der Waals surface area (Å²) in [7, 11) is 0. The molecule has 0 unspecified atom stereocenters. The molecule has 0 aliphatic carbocycles. The molecule has 0 bridgehead atoms. The molecule has 1 aliphatic heterocycles. The number of rotatable bonds is 3. The maximum atomic E-state index is 8.66. The van der Waals surface area contributed by atoms with Crippen LogP contribution >= 0.6 is 38.9 Å². The molecule has 1 aromatic heterocycles. The molecule has 1 aliphatic rings. The van der Waals surface area contributed by atoms with Gasteiger partial charge in [-0.15, -0.1) is 11.3 Å². The maximum absolute atomic E-state index is 8.66. The fourth-order valence-electron chi connectivity index (χ4n) is 3.05. The van der Waals surface area contributed by atoms with Gasteiger partial charge in [-0.2, -0.15) is 0 Å². The average molecular weight is 461 g/mol. The van der Waals surface area contributed by atoms with Gasteiger partial charge in [0.15, 0.2) is 0 Å². The SMILES string of the molecule is N=CN(C(=N)c1cc2c(s1)-c1ccc(Br)cc1OCC2)c1ccccc1Cl. The van der Waals surface area contributed by atoms with Crippen molar-refractivity contribution in [1.82, 2.24) is 0 Å². The van der Waals surface area contributed by atoms with Crippen molar-refractivity contribution in [2.75, 3.05) is 11.5 Å². The van der Waals surface area contributed by atoms with E-state index in [1.54, 1.807) is 23.5 Å². The largest absolute Gasteiger partial charge is 0.493 e. The first-order valence-corrected chi connectivity index (χ1v) is 10.3. The average Bonchev–Trinajstić information content (AvgIpc) is 3.00. The molecular formula is C20H15BrClN3OS. The Morgan fingerprint density at radius 2 is 2.04 bits per heavy atom. The molecule has 27 heavy (non-hydrogen) atoms. The lowest BCUT2D eigenvalue weighted by molar-refractivity contribution is 0.326. The van der Waals surface area contributed by atoms with E-state index in [1.165, 1.54) is 4.90 Å². The van der Waals surface area contributed by atoms with Gasteiger partial charge in [0.1, 0.15) is 11.6 Å². The molecule has 136 valence electrons. The highest BCUT2D eigenvalue weighted by Crippen LogP contribution is 2.42. The summed E-state index contributed by atoms with van der Waals surface area (Å²) in [6, 6.07) is 15.3. The first kappa shape index (κ1) is 18.2. The van der Waals surface area contributed by atoms with Crippen LogP contribution in [0.15, 0.2) is 53.0 Å². The molecule has 0 atom stereocenters. The monoisotopic (exact) mass is 459 g/mol. The standard InChI is InChI=1S/C20H15BrClN3OS/c21-13-5-6-14-17(10-13)26-8-7-12-9-18(27-19(12)14)20(24)25(11-23)16-4-2-1-3-15(16)22/h1-6,9-11,23-24H,7-8H2. The number of nitrogens with zero attached hydrogens (tertiary/aromatic N) is 1. The molecule has 0 saturated heterocycles. The van der Waals surface area contributed by atoms with Crippen molar-refractivity contribution in [3.8, 4) is 16.2 Å². The van der Waals surface area contributed by atoms with E-state index >= 15 is 0 Å². The van der Waals surface area contributed by atoms with E-state index in [2.05, 4.69) is 15.9 Å². The van der Waals surface area contributed by atoms with Gasteiger partial charge in [-0.05, 0) is 42.0 Å². The Hall–Kier alpha value is -2.15. The van der Waals surface area contributed by atoms with Crippen LogP contribution in [0.2, 0.25) is 5.02 Å². The Kier molecular flexibility index (Phi) is 5.04. The highest BCUT2D eigenvalue weighted by molar-refractivity contribution is 9.10. The third kappa shape index (κ3) is 3.40. The van der Waals surface area contributed by atoms with Crippen LogP contribution in [0, 0.1) is 10.8 Å². The van der Waals surface area contributed by atoms with Gasteiger partial charge >= 0.3 is 0 Å². The summed E-state index contributed by atoms with van der Waals surface area (Å²) in [6.07, 6.45) is 1.91. The van der Waals surface area contributed by atoms with Gasteiger partial charge in [-0.3, -0.25) is 15.7 Å². The number of hydrogen-bond donors (Lipinski definition) is 2. The number of anilines is 1. The topological polar surface area (TPSA) is 60.2 Å². The lowest BCUT2D eigenvalue weighted by Gasteiger charge is -2.20. The molecule has 0 spiro atoms. The molecule has 2 aromatic carbocycles. The number of amidine groups is 1. The van der Waals surface area contributed by atoms with E-state index < -0.39 is 0 Å². The van der Waals surface area contributed by atoms with Crippen LogP contribution < -0.4 is 9.64 Å². The molecule has 0 fully saturated rings. The van der Waals surface area contributed by atoms with E-state index in [1.807, 2.05) is 36.4 Å². The lowest BCUT2D eigenvalue weighted by atomic mass is 10.1. The molecule has 0 radical (unpaired) electrons. The summed E-state index contributed by atoms with van der Waals surface area (Å²) >= 11 is 11.3. The van der Waals surface area contributed by atoms with E-state index in [0.29, 0.717) is 17.3 Å². The molecule has 3 aromatic rings. The van der Waals surface area contributed by atoms with Gasteiger partial charge in [-0.1, -0.05) is 39.7 Å². The maximum Gasteiger partial charge on any atom is 0.148 e. The Morgan fingerprint density at radius 3 is 2.81 bits per heavy atom. The van der Waals surface area contributed by atoms with Crippen LogP contribution in [-0.2, 0) is 6.42 Å². The number of halogens is 2. The molecule has 0 saturated carbocycles. The van der Waals surface area contributed by atoms with E-state index in [0.717, 1.165) is 43.9 Å². The summed E-state index contributed by atoms with van der Waals surface area (Å²) in [5, 5.41) is 17.0. The van der Waals surface area contributed by atoms with E-state index in [9.17, 15) is 0 Å². The molecule has 2 heterocycles. The summed E-state index contributed by atoms with van der Waals surface area (Å²) in [5.74, 6) is 1.08. The number of benzene rings is 2. The van der Waals surface area contributed by atoms with Crippen molar-refractivity contribution in [1.29, 1.82) is 10.8 Å². The van der Waals surface area contributed by atoms with Crippen molar-refractivity contribution in [3.63, 3.8) is 0 Å². The van der Waals surface area contributed by atoms with Crippen LogP contribution in [0.3, 0.4) is 0 Å². The van der Waals surface area contributed by atoms with Crippen LogP contribution in [0.4, 0.5) is 5.69 Å². The Bertz CT molecular complexity index is 1050. The summed E-state index contributed by atoms with van der Waals surface area (Å²) in [5.41, 5.74) is 2.81. The number of fused-ring (bicyclic) bond motifs is 3. The summed E-state index contributed by atoms with van der Waals surface area (Å²) < 4.78 is 6.86. The number of ether oxygens (including phenoxy) is 1. The third-order valence-electron chi connectivity index (χ3n) is 4.34. The predicted octanol–water partition coefficient (Wildman–Crippen LogP) is 6.20. The fourth-order valence-corrected chi connectivity index (χ4v) is 4.81. The normalized spacial score (nSPS) is 12.4. The van der Waals surface area contributed by atoms with Gasteiger partial charge < -0.3 is 4.74 Å². The van der Waals surface area contributed by atoms with Crippen molar-refractivity contribution in [3.05, 3.63) is 68.5 Å². The minimum Gasteiger partial charge on any atom is -0.493 e. The van der Waals surface area contributed by atoms with E-state index in [-0.39, 0.29) is 5.84 Å². The number of nitrogens with one attached hydrogen (secondary N) is 2. The Balaban J connectivity index is 1.76. The van der Waals surface area contributed by atoms with E-state index in [4.69, 9.17) is 27.2 Å². The highest BCUT2D eigenvalue weighted by atomic mass is 79.9. The fraction of sp³-hybridized carbons (Fsp3) is 0.100. The van der Waals surface area contributed by atoms with Crippen molar-refractivity contribution < 1.29 is 4.74 Å². The lowest BCUT2D eigenvalue weighted by Crippen LogP contribution is -2.28. The first-order valence-electron chi connectivity index (χ1n) is 8.27. The van der Waals surface area contributed by atoms with Crippen molar-refractivity contribution in [2.45, 2.75) is 6.42 Å². The van der Waals surface area contributed by atoms with Gasteiger partial charge in [0.05, 0.1) is 28.5 Å². The van der Waals surface area contributed by atoms with Gasteiger partial charge in [0.25, 0.3) is 0 Å². The summed E-state index contributed by atoms with van der Waals surface area (Å²) in [6.45, 7) is 0.596. The van der Waals surface area contributed by atoms with Crippen LogP contribution in [-0.4, -0.2) is 18.8 Å². The second kappa shape index (κ2) is 7.46. The number of thiophene rings is 1. The Morgan fingerprint density at radius 1 is 1.22 bits per heavy atom. The molecular weight excluding hydrogens is 446 g/mol. The van der Waals surface area contributed by atoms with Crippen molar-refractivity contribution in [2.24, 2.45) is 0 Å². The second-order valence-electron chi connectivity index (χ2n) is 6.00. The molecule has 0 amide bonds. The van der Waals surface area contributed by atoms with Gasteiger partial charge in [0.2, 0.25) is 0 Å². The minimum atomic E-state index is 0.232. The van der Waals surface area contributed by atoms with Crippen LogP contribution in [0.5, 0.6) is 5.75 Å². The van der Waals surface area contributed by atoms with Crippen LogP contribution in [0.1, 0.15) is 10.4 Å². The molecule has 2 N–H and O–H groups in total. The molecule has 4 rings (SSSR count). The highest BCUT2D eigenvalue weighted by Gasteiger charge is 2.23. The third-order valence-corrected chi connectivity index (χ3v) is 6.37. The zero-order valence-corrected chi connectivity index (χ0v) is 17.3. The molecule has 7 heteroatoms. The summed E-state index contributed by atoms with van der Waals surface area (Å²) in [4.78, 5) is 3.39. The van der Waals surface area contributed by atoms with Crippen LogP contribution in [0.25, 0.3) is 10.4 Å². The number of para-hydroxylation sites is 1. The first-order chi connectivity index (χ1) is 13.1. The minimum absolute atomic E-state index is 0.232. The zero-order chi connectivity index (χ0) is 19.0. The molecule has 4 nitrogen and oxygen atoms in total.